The summed E-state index contributed by atoms with van der Waals surface area (Å²) in [5, 5.41) is 0. The Hall–Kier alpha value is 0.489. The van der Waals surface area contributed by atoms with Crippen LogP contribution in [-0.4, -0.2) is 26.9 Å². The number of hydrogen-bond donors (Lipinski definition) is 0. The Bertz CT molecular complexity index is 112. The van der Waals surface area contributed by atoms with Gasteiger partial charge in [0.25, 0.3) is 0 Å². The Morgan fingerprint density at radius 2 is 1.89 bits per heavy atom. The molecule has 0 saturated heterocycles. The molecule has 0 heterocycles. The normalized spacial score (nSPS) is 7.44. The average Bonchev–Trinajstić information content (AvgIpc) is 1.67. The van der Waals surface area contributed by atoms with Gasteiger partial charge in [-0.3, -0.25) is 0 Å². The molecule has 0 bridgehead atoms. The van der Waals surface area contributed by atoms with Gasteiger partial charge in [-0.2, -0.15) is 0 Å². The zero-order valence-corrected chi connectivity index (χ0v) is 9.91. The molecular weight excluding hydrogens is 243 g/mol. The summed E-state index contributed by atoms with van der Waals surface area (Å²) >= 11 is 0.110. The second-order valence-electron chi connectivity index (χ2n) is 1.34. The van der Waals surface area contributed by atoms with Crippen molar-refractivity contribution in [3.05, 3.63) is 12.7 Å². The molecule has 0 aliphatic carbocycles. The number of hydrogen-bond acceptors (Lipinski definition) is 3. The van der Waals surface area contributed by atoms with Crippen molar-refractivity contribution >= 4 is 31.8 Å². The van der Waals surface area contributed by atoms with Crippen LogP contribution in [0.1, 0.15) is 0 Å². The van der Waals surface area contributed by atoms with Crippen LogP contribution in [0.5, 0.6) is 0 Å². The standard InChI is InChI=1S/C3H5O2S.2CH3.Sn.H/c1-2-3-6(4)5;;;;/h2H,1,3H2;2*1H3;;/q-1;;;+1;. The van der Waals surface area contributed by atoms with Gasteiger partial charge in [-0.15, -0.1) is 12.7 Å². The number of rotatable bonds is 2. The van der Waals surface area contributed by atoms with Crippen LogP contribution in [0.25, 0.3) is 0 Å². The van der Waals surface area contributed by atoms with E-state index >= 15 is 0 Å². The summed E-state index contributed by atoms with van der Waals surface area (Å²) in [5.74, 6) is 0.0556. The van der Waals surface area contributed by atoms with E-state index in [0.717, 1.165) is 0 Å². The molecule has 0 spiro atoms. The molecule has 0 unspecified atom stereocenters. The van der Waals surface area contributed by atoms with Gasteiger partial charge < -0.3 is 8.42 Å². The first kappa shape index (κ1) is 12.2. The van der Waals surface area contributed by atoms with Crippen LogP contribution in [-0.2, 0) is 19.1 Å². The molecular formula is C5H12O2SSn. The van der Waals surface area contributed by atoms with Crippen molar-refractivity contribution in [3.63, 3.8) is 0 Å². The van der Waals surface area contributed by atoms with Crippen molar-refractivity contribution in [3.8, 4) is 0 Å². The molecule has 0 fully saturated rings. The Kier molecular flexibility index (Phi) is 15.3. The third kappa shape index (κ3) is 29.4. The van der Waals surface area contributed by atoms with Gasteiger partial charge >= 0.3 is 31.0 Å². The van der Waals surface area contributed by atoms with Crippen molar-refractivity contribution in [1.82, 2.24) is 0 Å². The minimum atomic E-state index is -1.93. The predicted octanol–water partition coefficient (Wildman–Crippen LogP) is 1.00. The van der Waals surface area contributed by atoms with E-state index in [-0.39, 0.29) is 26.9 Å². The van der Waals surface area contributed by atoms with E-state index in [2.05, 4.69) is 16.5 Å². The maximum atomic E-state index is 9.53. The molecule has 0 aliphatic rings. The van der Waals surface area contributed by atoms with Gasteiger partial charge in [0, 0.05) is 0 Å². The van der Waals surface area contributed by atoms with Crippen LogP contribution in [0.3, 0.4) is 0 Å². The fraction of sp³-hybridized carbons (Fsp3) is 0.600. The van der Waals surface area contributed by atoms with Crippen LogP contribution >= 0.6 is 0 Å². The summed E-state index contributed by atoms with van der Waals surface area (Å²) in [4.78, 5) is 4.63. The molecule has 2 nitrogen and oxygen atoms in total. The summed E-state index contributed by atoms with van der Waals surface area (Å²) in [7, 11) is -1.93. The Morgan fingerprint density at radius 1 is 1.56 bits per heavy atom. The van der Waals surface area contributed by atoms with Crippen LogP contribution in [0.2, 0.25) is 9.88 Å². The van der Waals surface area contributed by atoms with Crippen LogP contribution < -0.4 is 0 Å². The Balaban J connectivity index is 0. The molecule has 0 radical (unpaired) electrons. The van der Waals surface area contributed by atoms with Gasteiger partial charge in [0.05, 0.1) is 0 Å². The first-order valence-electron chi connectivity index (χ1n) is 2.59. The second-order valence-corrected chi connectivity index (χ2v) is 5.57. The molecule has 0 aromatic heterocycles. The fourth-order valence-corrected chi connectivity index (χ4v) is 0.289. The predicted molar refractivity (Wildman–Crippen MR) is 42.7 cm³/mol. The van der Waals surface area contributed by atoms with E-state index in [0.29, 0.717) is 0 Å². The van der Waals surface area contributed by atoms with E-state index in [1.807, 2.05) is 0 Å². The molecule has 0 aliphatic heterocycles. The van der Waals surface area contributed by atoms with Crippen molar-refractivity contribution in [1.29, 1.82) is 0 Å². The van der Waals surface area contributed by atoms with Gasteiger partial charge in [0.15, 0.2) is 0 Å². The molecule has 0 rings (SSSR count). The van der Waals surface area contributed by atoms with Gasteiger partial charge in [0.2, 0.25) is 0 Å². The van der Waals surface area contributed by atoms with Crippen LogP contribution in [0.4, 0.5) is 0 Å². The molecule has 0 N–H and O–H groups in total. The third-order valence-corrected chi connectivity index (χ3v) is 0.762. The molecule has 0 aromatic rings. The molecule has 54 valence electrons. The SMILES string of the molecule is C=CC[S-](=O)=O.[CH3][SnH+][CH3]. The van der Waals surface area contributed by atoms with E-state index < -0.39 is 10.7 Å². The van der Waals surface area contributed by atoms with Crippen molar-refractivity contribution in [2.45, 2.75) is 9.88 Å². The zero-order chi connectivity index (χ0) is 7.70. The van der Waals surface area contributed by atoms with Crippen molar-refractivity contribution in [2.24, 2.45) is 0 Å². The van der Waals surface area contributed by atoms with Crippen LogP contribution in [0, 0.1) is 0 Å². The molecule has 0 aromatic carbocycles. The maximum absolute atomic E-state index is 9.53. The van der Waals surface area contributed by atoms with E-state index in [1.54, 1.807) is 0 Å². The van der Waals surface area contributed by atoms with Gasteiger partial charge in [0.1, 0.15) is 0 Å². The zero-order valence-electron chi connectivity index (χ0n) is 5.79. The second kappa shape index (κ2) is 11.3. The minimum absolute atomic E-state index is 0.0556. The summed E-state index contributed by atoms with van der Waals surface area (Å²) in [6.45, 7) is 3.21. The third-order valence-electron chi connectivity index (χ3n) is 0.254. The van der Waals surface area contributed by atoms with Crippen molar-refractivity contribution in [2.75, 3.05) is 5.75 Å². The van der Waals surface area contributed by atoms with Crippen LogP contribution in [0.15, 0.2) is 12.7 Å². The van der Waals surface area contributed by atoms with Crippen molar-refractivity contribution < 1.29 is 8.42 Å². The fourth-order valence-electron chi connectivity index (χ4n) is 0.0962. The molecule has 0 saturated carbocycles. The average molecular weight is 255 g/mol. The van der Waals surface area contributed by atoms with Gasteiger partial charge in [-0.05, 0) is 0 Å². The summed E-state index contributed by atoms with van der Waals surface area (Å²) < 4.78 is 19.1. The van der Waals surface area contributed by atoms with E-state index in [1.165, 1.54) is 6.08 Å². The van der Waals surface area contributed by atoms with E-state index in [4.69, 9.17) is 0 Å². The van der Waals surface area contributed by atoms with Gasteiger partial charge in [-0.25, -0.2) is 0 Å². The molecule has 9 heavy (non-hydrogen) atoms. The Morgan fingerprint density at radius 3 is 1.89 bits per heavy atom. The molecule has 0 atom stereocenters. The quantitative estimate of drug-likeness (QED) is 0.419. The summed E-state index contributed by atoms with van der Waals surface area (Å²) in [5.41, 5.74) is 0. The monoisotopic (exact) mass is 256 g/mol. The molecule has 0 amide bonds. The molecule has 4 heteroatoms. The Labute approximate surface area is 68.5 Å². The first-order chi connectivity index (χ1) is 4.18. The summed E-state index contributed by atoms with van der Waals surface area (Å²) in [6, 6.07) is 0. The topological polar surface area (TPSA) is 34.1 Å². The van der Waals surface area contributed by atoms with E-state index in [9.17, 15) is 8.42 Å². The van der Waals surface area contributed by atoms with Gasteiger partial charge in [-0.1, -0.05) is 16.5 Å². The first-order valence-corrected chi connectivity index (χ1v) is 10.4. The summed E-state index contributed by atoms with van der Waals surface area (Å²) in [6.07, 6.45) is 1.34.